The Balaban J connectivity index is 2.38. The van der Waals surface area contributed by atoms with Crippen molar-refractivity contribution in [3.63, 3.8) is 0 Å². The lowest BCUT2D eigenvalue weighted by atomic mass is 10.2. The summed E-state index contributed by atoms with van der Waals surface area (Å²) in [5.41, 5.74) is 0.212. The van der Waals surface area contributed by atoms with Crippen molar-refractivity contribution < 1.29 is 4.39 Å². The average Bonchev–Trinajstić information content (AvgIpc) is 2.38. The van der Waals surface area contributed by atoms with Crippen LogP contribution in [0.5, 0.6) is 0 Å². The van der Waals surface area contributed by atoms with Crippen LogP contribution < -0.4 is 10.9 Å². The molecule has 96 valence electrons. The molecule has 0 bridgehead atoms. The number of aromatic amines is 1. The van der Waals surface area contributed by atoms with Crippen molar-refractivity contribution >= 4 is 21.9 Å². The third kappa shape index (κ3) is 1.96. The van der Waals surface area contributed by atoms with Crippen LogP contribution in [0.1, 0.15) is 5.82 Å². The fourth-order valence-corrected chi connectivity index (χ4v) is 2.01. The van der Waals surface area contributed by atoms with Gasteiger partial charge in [0.1, 0.15) is 17.2 Å². The zero-order valence-electron chi connectivity index (χ0n) is 10.2. The first-order valence-corrected chi connectivity index (χ1v) is 5.82. The summed E-state index contributed by atoms with van der Waals surface area (Å²) in [7, 11) is 1.75. The monoisotopic (exact) mass is 258 g/mol. The summed E-state index contributed by atoms with van der Waals surface area (Å²) in [6.07, 6.45) is 0. The molecule has 0 aliphatic heterocycles. The van der Waals surface area contributed by atoms with Crippen LogP contribution in [0.25, 0.3) is 21.9 Å². The second kappa shape index (κ2) is 4.40. The van der Waals surface area contributed by atoms with Crippen LogP contribution in [0, 0.1) is 5.82 Å². The summed E-state index contributed by atoms with van der Waals surface area (Å²) < 4.78 is 13.7. The van der Waals surface area contributed by atoms with Crippen molar-refractivity contribution in [2.75, 3.05) is 7.05 Å². The van der Waals surface area contributed by atoms with Crippen LogP contribution in [-0.2, 0) is 6.54 Å². The number of para-hydroxylation sites is 1. The van der Waals surface area contributed by atoms with E-state index < -0.39 is 5.82 Å². The number of H-pyrrole nitrogens is 1. The lowest BCUT2D eigenvalue weighted by molar-refractivity contribution is 0.637. The molecule has 0 amide bonds. The Bertz CT molecular complexity index is 828. The molecule has 3 aromatic rings. The van der Waals surface area contributed by atoms with E-state index in [0.29, 0.717) is 23.1 Å². The van der Waals surface area contributed by atoms with E-state index in [9.17, 15) is 9.18 Å². The predicted molar refractivity (Wildman–Crippen MR) is 70.4 cm³/mol. The van der Waals surface area contributed by atoms with Gasteiger partial charge >= 0.3 is 0 Å². The van der Waals surface area contributed by atoms with E-state index in [1.54, 1.807) is 25.2 Å². The molecular formula is C13H11FN4O. The van der Waals surface area contributed by atoms with E-state index >= 15 is 0 Å². The van der Waals surface area contributed by atoms with Crippen molar-refractivity contribution in [3.05, 3.63) is 46.3 Å². The summed E-state index contributed by atoms with van der Waals surface area (Å²) in [6, 6.07) is 6.24. The standard InChI is InChI=1S/C13H11FN4O/c1-15-6-10-16-12-8(13(19)17-10)5-7-3-2-4-9(14)11(7)18-12/h2-5,15H,6H2,1H3,(H,16,17,18,19). The summed E-state index contributed by atoms with van der Waals surface area (Å²) >= 11 is 0. The second-order valence-corrected chi connectivity index (χ2v) is 4.21. The molecule has 6 heteroatoms. The highest BCUT2D eigenvalue weighted by Gasteiger charge is 2.09. The van der Waals surface area contributed by atoms with E-state index in [2.05, 4.69) is 20.3 Å². The molecule has 0 spiro atoms. The molecule has 0 fully saturated rings. The molecule has 0 aliphatic rings. The van der Waals surface area contributed by atoms with Crippen LogP contribution >= 0.6 is 0 Å². The Kier molecular flexibility index (Phi) is 2.72. The zero-order valence-corrected chi connectivity index (χ0v) is 10.2. The van der Waals surface area contributed by atoms with Crippen molar-refractivity contribution in [2.24, 2.45) is 0 Å². The average molecular weight is 258 g/mol. The summed E-state index contributed by atoms with van der Waals surface area (Å²) in [5.74, 6) is 0.0554. The van der Waals surface area contributed by atoms with Gasteiger partial charge in [-0.15, -0.1) is 0 Å². The number of benzene rings is 1. The highest BCUT2D eigenvalue weighted by Crippen LogP contribution is 2.18. The molecule has 2 aromatic heterocycles. The minimum atomic E-state index is -0.420. The van der Waals surface area contributed by atoms with Crippen molar-refractivity contribution in [3.8, 4) is 0 Å². The van der Waals surface area contributed by atoms with Crippen LogP contribution in [0.4, 0.5) is 4.39 Å². The molecule has 0 radical (unpaired) electrons. The van der Waals surface area contributed by atoms with Crippen LogP contribution in [0.3, 0.4) is 0 Å². The molecule has 0 aliphatic carbocycles. The first-order chi connectivity index (χ1) is 9.19. The zero-order chi connectivity index (χ0) is 13.4. The maximum Gasteiger partial charge on any atom is 0.260 e. The first kappa shape index (κ1) is 11.7. The summed E-state index contributed by atoms with van der Waals surface area (Å²) in [4.78, 5) is 23.0. The molecule has 1 aromatic carbocycles. The minimum absolute atomic E-state index is 0.225. The Labute approximate surface area is 107 Å². The molecule has 0 saturated carbocycles. The van der Waals surface area contributed by atoms with Gasteiger partial charge in [0.25, 0.3) is 5.56 Å². The molecule has 2 heterocycles. The minimum Gasteiger partial charge on any atom is -0.313 e. The van der Waals surface area contributed by atoms with E-state index in [-0.39, 0.29) is 16.7 Å². The quantitative estimate of drug-likeness (QED) is 0.680. The van der Waals surface area contributed by atoms with Gasteiger partial charge in [-0.2, -0.15) is 0 Å². The summed E-state index contributed by atoms with van der Waals surface area (Å²) in [5, 5.41) is 3.83. The molecule has 0 atom stereocenters. The van der Waals surface area contributed by atoms with Gasteiger partial charge in [-0.3, -0.25) is 4.79 Å². The molecule has 5 nitrogen and oxygen atoms in total. The summed E-state index contributed by atoms with van der Waals surface area (Å²) in [6.45, 7) is 0.419. The maximum absolute atomic E-state index is 13.7. The number of nitrogens with one attached hydrogen (secondary N) is 2. The van der Waals surface area contributed by atoms with Crippen LogP contribution in [0.2, 0.25) is 0 Å². The third-order valence-corrected chi connectivity index (χ3v) is 2.86. The molecule has 19 heavy (non-hydrogen) atoms. The molecule has 3 rings (SSSR count). The number of rotatable bonds is 2. The van der Waals surface area contributed by atoms with E-state index in [1.165, 1.54) is 6.07 Å². The Hall–Kier alpha value is -2.34. The Morgan fingerprint density at radius 3 is 3.00 bits per heavy atom. The normalized spacial score (nSPS) is 11.3. The maximum atomic E-state index is 13.7. The Morgan fingerprint density at radius 2 is 2.21 bits per heavy atom. The third-order valence-electron chi connectivity index (χ3n) is 2.86. The van der Waals surface area contributed by atoms with Crippen LogP contribution in [-0.4, -0.2) is 22.0 Å². The van der Waals surface area contributed by atoms with Gasteiger partial charge in [-0.05, 0) is 19.2 Å². The van der Waals surface area contributed by atoms with Crippen molar-refractivity contribution in [2.45, 2.75) is 6.54 Å². The number of nitrogens with zero attached hydrogens (tertiary/aromatic N) is 2. The number of hydrogen-bond acceptors (Lipinski definition) is 4. The SMILES string of the molecule is CNCc1nc2nc3c(F)cccc3cc2c(=O)[nH]1. The first-order valence-electron chi connectivity index (χ1n) is 5.82. The number of hydrogen-bond donors (Lipinski definition) is 2. The highest BCUT2D eigenvalue weighted by molar-refractivity contribution is 5.90. The van der Waals surface area contributed by atoms with Gasteiger partial charge in [0.15, 0.2) is 5.65 Å². The van der Waals surface area contributed by atoms with Crippen molar-refractivity contribution in [1.29, 1.82) is 0 Å². The fraction of sp³-hybridized carbons (Fsp3) is 0.154. The van der Waals surface area contributed by atoms with Gasteiger partial charge in [0.2, 0.25) is 0 Å². The van der Waals surface area contributed by atoms with Gasteiger partial charge in [0, 0.05) is 5.39 Å². The predicted octanol–water partition coefficient (Wildman–Crippen LogP) is 1.33. The lowest BCUT2D eigenvalue weighted by Crippen LogP contribution is -2.17. The van der Waals surface area contributed by atoms with Gasteiger partial charge in [-0.25, -0.2) is 14.4 Å². The topological polar surface area (TPSA) is 70.7 Å². The van der Waals surface area contributed by atoms with E-state index in [4.69, 9.17) is 0 Å². The van der Waals surface area contributed by atoms with Gasteiger partial charge < -0.3 is 10.3 Å². The highest BCUT2D eigenvalue weighted by atomic mass is 19.1. The molecule has 0 unspecified atom stereocenters. The van der Waals surface area contributed by atoms with Gasteiger partial charge in [0.05, 0.1) is 11.9 Å². The lowest BCUT2D eigenvalue weighted by Gasteiger charge is -2.04. The van der Waals surface area contributed by atoms with Gasteiger partial charge in [-0.1, -0.05) is 12.1 Å². The Morgan fingerprint density at radius 1 is 1.37 bits per heavy atom. The largest absolute Gasteiger partial charge is 0.313 e. The second-order valence-electron chi connectivity index (χ2n) is 4.21. The molecule has 0 saturated heterocycles. The van der Waals surface area contributed by atoms with E-state index in [1.807, 2.05) is 0 Å². The number of pyridine rings is 1. The van der Waals surface area contributed by atoms with Crippen LogP contribution in [0.15, 0.2) is 29.1 Å². The van der Waals surface area contributed by atoms with E-state index in [0.717, 1.165) is 0 Å². The number of halogens is 1. The molecular weight excluding hydrogens is 247 g/mol. The number of aromatic nitrogens is 3. The smallest absolute Gasteiger partial charge is 0.260 e. The molecule has 2 N–H and O–H groups in total. The van der Waals surface area contributed by atoms with Crippen molar-refractivity contribution in [1.82, 2.24) is 20.3 Å². The fourth-order valence-electron chi connectivity index (χ4n) is 2.01. The number of fused-ring (bicyclic) bond motifs is 2.